The second kappa shape index (κ2) is 3.40. The summed E-state index contributed by atoms with van der Waals surface area (Å²) in [6.45, 7) is 1.47. The standard InChI is InChI=1S/C12H11N/c1-10-6-2-3-7-11(10)12-8-4-5-9-13-12/h2-9H,1H3/i2D,3D,4D,5D,6D,7D,8D,9D. The van der Waals surface area contributed by atoms with Crippen LogP contribution in [0.15, 0.2) is 48.5 Å². The Morgan fingerprint density at radius 3 is 2.77 bits per heavy atom. The maximum Gasteiger partial charge on any atom is 0.0840 e. The van der Waals surface area contributed by atoms with Crippen molar-refractivity contribution < 1.29 is 11.0 Å². The Kier molecular flexibility index (Phi) is 0.770. The summed E-state index contributed by atoms with van der Waals surface area (Å²) in [5.74, 6) is 0. The van der Waals surface area contributed by atoms with Crippen LogP contribution in [-0.2, 0) is 0 Å². The average molecular weight is 177 g/mol. The van der Waals surface area contributed by atoms with Gasteiger partial charge in [-0.3, -0.25) is 4.98 Å². The Labute approximate surface area is 89.3 Å². The van der Waals surface area contributed by atoms with Gasteiger partial charge in [-0.15, -0.1) is 0 Å². The normalized spacial score (nSPS) is 18.5. The van der Waals surface area contributed by atoms with E-state index in [0.717, 1.165) is 0 Å². The van der Waals surface area contributed by atoms with Crippen molar-refractivity contribution in [3.05, 3.63) is 54.0 Å². The molecule has 0 saturated carbocycles. The van der Waals surface area contributed by atoms with Gasteiger partial charge < -0.3 is 0 Å². The van der Waals surface area contributed by atoms with Crippen molar-refractivity contribution >= 4 is 0 Å². The van der Waals surface area contributed by atoms with E-state index >= 15 is 0 Å². The third-order valence-corrected chi connectivity index (χ3v) is 1.58. The molecule has 0 atom stereocenters. The quantitative estimate of drug-likeness (QED) is 0.652. The summed E-state index contributed by atoms with van der Waals surface area (Å²) in [4.78, 5) is 3.76. The summed E-state index contributed by atoms with van der Waals surface area (Å²) < 4.78 is 61.5. The number of nitrogens with zero attached hydrogens (tertiary/aromatic N) is 1. The summed E-state index contributed by atoms with van der Waals surface area (Å²) in [6, 6.07) is -2.87. The van der Waals surface area contributed by atoms with E-state index in [1.165, 1.54) is 6.92 Å². The molecule has 1 nitrogen and oxygen atoms in total. The molecule has 0 amide bonds. The second-order valence-corrected chi connectivity index (χ2v) is 2.45. The Hall–Kier alpha value is -1.63. The molecule has 0 bridgehead atoms. The number of pyridine rings is 1. The van der Waals surface area contributed by atoms with Gasteiger partial charge in [-0.25, -0.2) is 0 Å². The van der Waals surface area contributed by atoms with E-state index < -0.39 is 30.3 Å². The van der Waals surface area contributed by atoms with Gasteiger partial charge in [-0.1, -0.05) is 30.2 Å². The van der Waals surface area contributed by atoms with Gasteiger partial charge in [0.1, 0.15) is 0 Å². The minimum Gasteiger partial charge on any atom is -0.256 e. The summed E-state index contributed by atoms with van der Waals surface area (Å²) in [7, 11) is 0. The maximum absolute atomic E-state index is 7.92. The van der Waals surface area contributed by atoms with Crippen molar-refractivity contribution in [3.63, 3.8) is 0 Å². The highest BCUT2D eigenvalue weighted by molar-refractivity contribution is 5.62. The van der Waals surface area contributed by atoms with Crippen LogP contribution in [0.25, 0.3) is 11.3 Å². The van der Waals surface area contributed by atoms with E-state index in [1.54, 1.807) is 0 Å². The van der Waals surface area contributed by atoms with Crippen LogP contribution in [0.2, 0.25) is 0 Å². The Morgan fingerprint density at radius 1 is 1.08 bits per heavy atom. The van der Waals surface area contributed by atoms with Gasteiger partial charge in [0.05, 0.1) is 16.7 Å². The van der Waals surface area contributed by atoms with E-state index in [0.29, 0.717) is 0 Å². The van der Waals surface area contributed by atoms with Crippen LogP contribution in [0.1, 0.15) is 16.5 Å². The van der Waals surface area contributed by atoms with Gasteiger partial charge in [-0.2, -0.15) is 0 Å². The lowest BCUT2D eigenvalue weighted by Crippen LogP contribution is -1.84. The minimum atomic E-state index is -0.502. The number of aromatic nitrogens is 1. The second-order valence-electron chi connectivity index (χ2n) is 2.45. The first-order valence-electron chi connectivity index (χ1n) is 7.70. The van der Waals surface area contributed by atoms with Crippen LogP contribution in [0.3, 0.4) is 0 Å². The van der Waals surface area contributed by atoms with E-state index in [1.807, 2.05) is 0 Å². The number of benzene rings is 1. The van der Waals surface area contributed by atoms with Crippen LogP contribution in [-0.4, -0.2) is 4.98 Å². The molecule has 0 aliphatic rings. The molecule has 0 fully saturated rings. The summed E-state index contributed by atoms with van der Waals surface area (Å²) >= 11 is 0. The van der Waals surface area contributed by atoms with Gasteiger partial charge in [0.25, 0.3) is 0 Å². The molecule has 0 spiro atoms. The third-order valence-electron chi connectivity index (χ3n) is 1.58. The van der Waals surface area contributed by atoms with Gasteiger partial charge in [0, 0.05) is 11.7 Å². The topological polar surface area (TPSA) is 12.9 Å². The van der Waals surface area contributed by atoms with Crippen LogP contribution in [0.4, 0.5) is 0 Å². The third kappa shape index (κ3) is 1.59. The molecule has 2 rings (SSSR count). The van der Waals surface area contributed by atoms with Gasteiger partial charge in [0.15, 0.2) is 0 Å². The lowest BCUT2D eigenvalue weighted by atomic mass is 10.1. The molecule has 0 N–H and O–H groups in total. The molecule has 64 valence electrons. The molecule has 1 aromatic heterocycles. The van der Waals surface area contributed by atoms with Crippen molar-refractivity contribution in [2.45, 2.75) is 6.92 Å². The Bertz CT molecular complexity index is 727. The molecule has 0 unspecified atom stereocenters. The van der Waals surface area contributed by atoms with E-state index in [4.69, 9.17) is 11.0 Å². The summed E-state index contributed by atoms with van der Waals surface area (Å²) in [5, 5.41) is 0. The first kappa shape index (κ1) is 2.95. The molecule has 0 aliphatic heterocycles. The van der Waals surface area contributed by atoms with Crippen molar-refractivity contribution in [2.24, 2.45) is 0 Å². The Morgan fingerprint density at radius 2 is 1.85 bits per heavy atom. The van der Waals surface area contributed by atoms with Crippen LogP contribution in [0, 0.1) is 6.92 Å². The largest absolute Gasteiger partial charge is 0.256 e. The van der Waals surface area contributed by atoms with Gasteiger partial charge >= 0.3 is 0 Å². The predicted molar refractivity (Wildman–Crippen MR) is 54.4 cm³/mol. The first-order chi connectivity index (χ1) is 9.68. The van der Waals surface area contributed by atoms with Crippen molar-refractivity contribution in [1.82, 2.24) is 4.98 Å². The highest BCUT2D eigenvalue weighted by atomic mass is 14.7. The Balaban J connectivity index is 2.93. The molecule has 0 aliphatic carbocycles. The van der Waals surface area contributed by atoms with Crippen LogP contribution in [0.5, 0.6) is 0 Å². The van der Waals surface area contributed by atoms with Crippen LogP contribution >= 0.6 is 0 Å². The van der Waals surface area contributed by atoms with E-state index in [9.17, 15) is 0 Å². The molecular formula is C12H11N. The predicted octanol–water partition coefficient (Wildman–Crippen LogP) is 3.06. The van der Waals surface area contributed by atoms with Gasteiger partial charge in [0.2, 0.25) is 0 Å². The molecule has 1 heteroatoms. The monoisotopic (exact) mass is 177 g/mol. The summed E-state index contributed by atoms with van der Waals surface area (Å²) in [5.41, 5.74) is 0.0111. The molecule has 2 aromatic rings. The van der Waals surface area contributed by atoms with Crippen LogP contribution < -0.4 is 0 Å². The molecule has 13 heavy (non-hydrogen) atoms. The number of hydrogen-bond acceptors (Lipinski definition) is 1. The fraction of sp³-hybridized carbons (Fsp3) is 0.0833. The SMILES string of the molecule is [2H]c1nc(-c2c([2H])c([2H])c([2H])c([2H])c2C)c([2H])c([2H])c1[2H]. The highest BCUT2D eigenvalue weighted by Gasteiger charge is 1.99. The zero-order valence-corrected chi connectivity index (χ0v) is 6.95. The lowest BCUT2D eigenvalue weighted by molar-refractivity contribution is 1.31. The smallest absolute Gasteiger partial charge is 0.0840 e. The average Bonchev–Trinajstić information content (AvgIpc) is 2.46. The zero-order valence-electron chi connectivity index (χ0n) is 14.9. The minimum absolute atomic E-state index is 0.00648. The zero-order chi connectivity index (χ0) is 16.1. The van der Waals surface area contributed by atoms with Crippen molar-refractivity contribution in [3.8, 4) is 11.3 Å². The maximum atomic E-state index is 7.92. The summed E-state index contributed by atoms with van der Waals surface area (Å²) in [6.07, 6.45) is -0.502. The molecule has 1 heterocycles. The first-order valence-corrected chi connectivity index (χ1v) is 3.70. The number of rotatable bonds is 1. The lowest BCUT2D eigenvalue weighted by Gasteiger charge is -2.03. The molecule has 0 radical (unpaired) electrons. The van der Waals surface area contributed by atoms with E-state index in [-0.39, 0.29) is 34.9 Å². The molecule has 1 aromatic carbocycles. The fourth-order valence-electron chi connectivity index (χ4n) is 0.960. The van der Waals surface area contributed by atoms with Crippen molar-refractivity contribution in [2.75, 3.05) is 0 Å². The fourth-order valence-corrected chi connectivity index (χ4v) is 0.960. The van der Waals surface area contributed by atoms with Crippen molar-refractivity contribution in [1.29, 1.82) is 0 Å². The molecule has 0 saturated heterocycles. The van der Waals surface area contributed by atoms with Gasteiger partial charge in [-0.05, 0) is 24.6 Å². The van der Waals surface area contributed by atoms with E-state index in [2.05, 4.69) is 4.98 Å². The highest BCUT2D eigenvalue weighted by Crippen LogP contribution is 2.19. The molecular weight excluding hydrogens is 158 g/mol. The number of hydrogen-bond donors (Lipinski definition) is 0.